The van der Waals surface area contributed by atoms with Crippen molar-refractivity contribution >= 4 is 5.91 Å². The van der Waals surface area contributed by atoms with E-state index in [-0.39, 0.29) is 23.7 Å². The summed E-state index contributed by atoms with van der Waals surface area (Å²) in [5, 5.41) is 6.11. The minimum atomic E-state index is -0.245. The first kappa shape index (κ1) is 15.4. The monoisotopic (exact) mass is 307 g/mol. The summed E-state index contributed by atoms with van der Waals surface area (Å²) in [6.07, 6.45) is 0. The Morgan fingerprint density at radius 1 is 1.41 bits per heavy atom. The molecule has 22 heavy (non-hydrogen) atoms. The van der Waals surface area contributed by atoms with Gasteiger partial charge >= 0.3 is 0 Å². The van der Waals surface area contributed by atoms with Gasteiger partial charge < -0.3 is 15.4 Å². The van der Waals surface area contributed by atoms with Crippen LogP contribution in [0.1, 0.15) is 11.6 Å². The Labute approximate surface area is 129 Å². The van der Waals surface area contributed by atoms with Gasteiger partial charge in [0, 0.05) is 32.7 Å². The second kappa shape index (κ2) is 7.17. The summed E-state index contributed by atoms with van der Waals surface area (Å²) in [6.45, 7) is 4.92. The number of carbonyl (C=O) groups is 1. The molecule has 2 saturated heterocycles. The molecule has 0 aromatic heterocycles. The minimum absolute atomic E-state index is 0.0171. The number of nitrogens with zero attached hydrogens (tertiary/aromatic N) is 1. The molecule has 1 amide bonds. The van der Waals surface area contributed by atoms with E-state index < -0.39 is 0 Å². The van der Waals surface area contributed by atoms with Crippen molar-refractivity contribution in [2.75, 3.05) is 45.9 Å². The van der Waals surface area contributed by atoms with Gasteiger partial charge in [0.1, 0.15) is 5.82 Å². The van der Waals surface area contributed by atoms with Crippen molar-refractivity contribution in [2.24, 2.45) is 5.92 Å². The smallest absolute Gasteiger partial charge is 0.225 e. The Bertz CT molecular complexity index is 516. The molecule has 5 nitrogen and oxygen atoms in total. The molecule has 1 aromatic carbocycles. The maximum Gasteiger partial charge on any atom is 0.225 e. The molecule has 3 rings (SSSR count). The van der Waals surface area contributed by atoms with E-state index in [4.69, 9.17) is 4.74 Å². The lowest BCUT2D eigenvalue weighted by atomic mass is 10.0. The zero-order valence-corrected chi connectivity index (χ0v) is 12.6. The predicted molar refractivity (Wildman–Crippen MR) is 80.9 cm³/mol. The van der Waals surface area contributed by atoms with Crippen LogP contribution in [0.5, 0.6) is 0 Å². The molecular formula is C16H22FN3O2. The highest BCUT2D eigenvalue weighted by molar-refractivity contribution is 5.80. The van der Waals surface area contributed by atoms with Crippen LogP contribution < -0.4 is 10.6 Å². The maximum atomic E-state index is 13.5. The summed E-state index contributed by atoms with van der Waals surface area (Å²) in [5.41, 5.74) is 0.897. The SMILES string of the molecule is O=C(NCC(c1cccc(F)c1)N1CCOCC1)C1CNC1. The van der Waals surface area contributed by atoms with E-state index in [1.54, 1.807) is 12.1 Å². The molecule has 1 unspecified atom stereocenters. The number of benzene rings is 1. The van der Waals surface area contributed by atoms with E-state index in [1.165, 1.54) is 6.07 Å². The number of hydrogen-bond donors (Lipinski definition) is 2. The third-order valence-electron chi connectivity index (χ3n) is 4.34. The van der Waals surface area contributed by atoms with Crippen molar-refractivity contribution in [2.45, 2.75) is 6.04 Å². The van der Waals surface area contributed by atoms with Gasteiger partial charge in [0.25, 0.3) is 0 Å². The second-order valence-corrected chi connectivity index (χ2v) is 5.82. The number of carbonyl (C=O) groups excluding carboxylic acids is 1. The Hall–Kier alpha value is -1.50. The quantitative estimate of drug-likeness (QED) is 0.833. The molecule has 6 heteroatoms. The molecule has 2 heterocycles. The molecule has 0 spiro atoms. The van der Waals surface area contributed by atoms with Gasteiger partial charge in [-0.1, -0.05) is 12.1 Å². The molecule has 2 fully saturated rings. The van der Waals surface area contributed by atoms with Crippen molar-refractivity contribution < 1.29 is 13.9 Å². The topological polar surface area (TPSA) is 53.6 Å². The maximum absolute atomic E-state index is 13.5. The van der Waals surface area contributed by atoms with Crippen LogP contribution in [-0.4, -0.2) is 56.7 Å². The Morgan fingerprint density at radius 2 is 2.18 bits per heavy atom. The van der Waals surface area contributed by atoms with Gasteiger partial charge in [-0.3, -0.25) is 9.69 Å². The second-order valence-electron chi connectivity index (χ2n) is 5.82. The van der Waals surface area contributed by atoms with Crippen LogP contribution in [0.25, 0.3) is 0 Å². The lowest BCUT2D eigenvalue weighted by Crippen LogP contribution is -2.52. The Kier molecular flexibility index (Phi) is 5.02. The summed E-state index contributed by atoms with van der Waals surface area (Å²) in [7, 11) is 0. The van der Waals surface area contributed by atoms with Gasteiger partial charge in [0.05, 0.1) is 25.2 Å². The average Bonchev–Trinajstić information content (AvgIpc) is 2.47. The highest BCUT2D eigenvalue weighted by Crippen LogP contribution is 2.22. The number of nitrogens with one attached hydrogen (secondary N) is 2. The van der Waals surface area contributed by atoms with Gasteiger partial charge in [-0.25, -0.2) is 4.39 Å². The van der Waals surface area contributed by atoms with E-state index >= 15 is 0 Å². The number of hydrogen-bond acceptors (Lipinski definition) is 4. The number of halogens is 1. The molecule has 0 bridgehead atoms. The van der Waals surface area contributed by atoms with Crippen LogP contribution in [0.4, 0.5) is 4.39 Å². The standard InChI is InChI=1S/C16H22FN3O2/c17-14-3-1-2-12(8-14)15(20-4-6-22-7-5-20)11-19-16(21)13-9-18-10-13/h1-3,8,13,15,18H,4-7,9-11H2,(H,19,21). The first-order valence-electron chi connectivity index (χ1n) is 7.80. The van der Waals surface area contributed by atoms with Gasteiger partial charge in [-0.05, 0) is 17.7 Å². The van der Waals surface area contributed by atoms with E-state index in [0.717, 1.165) is 31.7 Å². The molecule has 0 radical (unpaired) electrons. The summed E-state index contributed by atoms with van der Waals surface area (Å²) in [6, 6.07) is 6.61. The summed E-state index contributed by atoms with van der Waals surface area (Å²) < 4.78 is 18.9. The molecule has 120 valence electrons. The van der Waals surface area contributed by atoms with Gasteiger partial charge in [0.2, 0.25) is 5.91 Å². The summed E-state index contributed by atoms with van der Waals surface area (Å²) >= 11 is 0. The minimum Gasteiger partial charge on any atom is -0.379 e. The highest BCUT2D eigenvalue weighted by Gasteiger charge is 2.27. The number of amides is 1. The van der Waals surface area contributed by atoms with Crippen LogP contribution >= 0.6 is 0 Å². The zero-order valence-electron chi connectivity index (χ0n) is 12.6. The van der Waals surface area contributed by atoms with Gasteiger partial charge in [-0.15, -0.1) is 0 Å². The molecule has 2 N–H and O–H groups in total. The van der Waals surface area contributed by atoms with Crippen molar-refractivity contribution in [1.82, 2.24) is 15.5 Å². The summed E-state index contributed by atoms with van der Waals surface area (Å²) in [5.74, 6) is -0.100. The number of ether oxygens (including phenoxy) is 1. The molecular weight excluding hydrogens is 285 g/mol. The van der Waals surface area contributed by atoms with Crippen molar-refractivity contribution in [1.29, 1.82) is 0 Å². The first-order valence-corrected chi connectivity index (χ1v) is 7.80. The van der Waals surface area contributed by atoms with Crippen molar-refractivity contribution in [3.8, 4) is 0 Å². The van der Waals surface area contributed by atoms with Crippen LogP contribution in [0, 0.1) is 11.7 Å². The molecule has 1 atom stereocenters. The first-order chi connectivity index (χ1) is 10.7. The van der Waals surface area contributed by atoms with Crippen molar-refractivity contribution in [3.05, 3.63) is 35.6 Å². The van der Waals surface area contributed by atoms with E-state index in [9.17, 15) is 9.18 Å². The third-order valence-corrected chi connectivity index (χ3v) is 4.34. The lowest BCUT2D eigenvalue weighted by molar-refractivity contribution is -0.126. The number of rotatable bonds is 5. The number of morpholine rings is 1. The van der Waals surface area contributed by atoms with Crippen LogP contribution in [0.3, 0.4) is 0 Å². The van der Waals surface area contributed by atoms with E-state index in [0.29, 0.717) is 19.8 Å². The van der Waals surface area contributed by atoms with Gasteiger partial charge in [0.15, 0.2) is 0 Å². The molecule has 1 aromatic rings. The Balaban J connectivity index is 1.68. The third kappa shape index (κ3) is 3.63. The fourth-order valence-electron chi connectivity index (χ4n) is 2.88. The highest BCUT2D eigenvalue weighted by atomic mass is 19.1. The van der Waals surface area contributed by atoms with Crippen LogP contribution in [0.15, 0.2) is 24.3 Å². The summed E-state index contributed by atoms with van der Waals surface area (Å²) in [4.78, 5) is 14.3. The Morgan fingerprint density at radius 3 is 2.82 bits per heavy atom. The molecule has 0 saturated carbocycles. The van der Waals surface area contributed by atoms with Crippen molar-refractivity contribution in [3.63, 3.8) is 0 Å². The van der Waals surface area contributed by atoms with Crippen LogP contribution in [-0.2, 0) is 9.53 Å². The zero-order chi connectivity index (χ0) is 15.4. The normalized spacial score (nSPS) is 21.1. The molecule has 2 aliphatic heterocycles. The fraction of sp³-hybridized carbons (Fsp3) is 0.562. The molecule has 2 aliphatic rings. The van der Waals surface area contributed by atoms with Crippen LogP contribution in [0.2, 0.25) is 0 Å². The predicted octanol–water partition coefficient (Wildman–Crippen LogP) is 0.535. The lowest BCUT2D eigenvalue weighted by Gasteiger charge is -2.35. The van der Waals surface area contributed by atoms with E-state index in [1.807, 2.05) is 6.07 Å². The average molecular weight is 307 g/mol. The van der Waals surface area contributed by atoms with Gasteiger partial charge in [-0.2, -0.15) is 0 Å². The molecule has 0 aliphatic carbocycles. The fourth-order valence-corrected chi connectivity index (χ4v) is 2.88. The van der Waals surface area contributed by atoms with E-state index in [2.05, 4.69) is 15.5 Å². The largest absolute Gasteiger partial charge is 0.379 e.